The first kappa shape index (κ1) is 20.7. The zero-order chi connectivity index (χ0) is 21.8. The first-order valence-electron chi connectivity index (χ1n) is 10.0. The summed E-state index contributed by atoms with van der Waals surface area (Å²) in [6, 6.07) is 13.4. The van der Waals surface area contributed by atoms with Crippen molar-refractivity contribution in [2.75, 3.05) is 11.4 Å². The molecule has 0 spiro atoms. The Morgan fingerprint density at radius 3 is 2.68 bits per heavy atom. The van der Waals surface area contributed by atoms with Crippen molar-refractivity contribution in [2.24, 2.45) is 0 Å². The van der Waals surface area contributed by atoms with Gasteiger partial charge in [0.2, 0.25) is 5.91 Å². The Hall–Kier alpha value is -3.59. The van der Waals surface area contributed by atoms with Crippen molar-refractivity contribution in [3.63, 3.8) is 0 Å². The van der Waals surface area contributed by atoms with Crippen LogP contribution in [-0.4, -0.2) is 38.5 Å². The molecule has 160 valence electrons. The molecular weight excluding hydrogens is 401 g/mol. The summed E-state index contributed by atoms with van der Waals surface area (Å²) in [5.41, 5.74) is 1.99. The number of carbonyl (C=O) groups is 2. The van der Waals surface area contributed by atoms with Crippen LogP contribution >= 0.6 is 0 Å². The Balaban J connectivity index is 1.32. The third kappa shape index (κ3) is 4.77. The lowest BCUT2D eigenvalue weighted by Crippen LogP contribution is -2.24. The van der Waals surface area contributed by atoms with E-state index in [4.69, 9.17) is 0 Å². The zero-order valence-electron chi connectivity index (χ0n) is 16.7. The highest BCUT2D eigenvalue weighted by atomic mass is 19.1. The Labute approximate surface area is 178 Å². The second-order valence-corrected chi connectivity index (χ2v) is 7.36. The van der Waals surface area contributed by atoms with Crippen LogP contribution in [0.3, 0.4) is 0 Å². The summed E-state index contributed by atoms with van der Waals surface area (Å²) in [5.74, 6) is -0.789. The summed E-state index contributed by atoms with van der Waals surface area (Å²) in [5, 5.41) is 20.6. The number of amides is 2. The van der Waals surface area contributed by atoms with Gasteiger partial charge in [0.15, 0.2) is 5.69 Å². The van der Waals surface area contributed by atoms with E-state index in [1.54, 1.807) is 17.0 Å². The molecule has 0 radical (unpaired) electrons. The molecule has 3 aromatic rings. The van der Waals surface area contributed by atoms with Crippen molar-refractivity contribution in [1.29, 1.82) is 0 Å². The van der Waals surface area contributed by atoms with Gasteiger partial charge in [-0.3, -0.25) is 9.59 Å². The lowest BCUT2D eigenvalue weighted by Gasteiger charge is -2.16. The van der Waals surface area contributed by atoms with Gasteiger partial charge in [-0.1, -0.05) is 35.5 Å². The minimum absolute atomic E-state index is 0.0299. The van der Waals surface area contributed by atoms with Gasteiger partial charge in [0.1, 0.15) is 11.9 Å². The number of aliphatic hydroxyl groups excluding tert-OH is 1. The first-order chi connectivity index (χ1) is 15.0. The maximum atomic E-state index is 13.8. The van der Waals surface area contributed by atoms with E-state index in [9.17, 15) is 19.1 Å². The van der Waals surface area contributed by atoms with Gasteiger partial charge in [0.05, 0.1) is 12.7 Å². The summed E-state index contributed by atoms with van der Waals surface area (Å²) in [6.45, 7) is 0.992. The van der Waals surface area contributed by atoms with Crippen LogP contribution in [0, 0.1) is 5.82 Å². The van der Waals surface area contributed by atoms with Gasteiger partial charge in [-0.15, -0.1) is 5.10 Å². The Morgan fingerprint density at radius 1 is 1.19 bits per heavy atom. The average Bonchev–Trinajstić information content (AvgIpc) is 3.42. The molecule has 1 aliphatic rings. The fraction of sp³-hybridized carbons (Fsp3) is 0.273. The van der Waals surface area contributed by atoms with E-state index in [1.807, 2.05) is 24.3 Å². The van der Waals surface area contributed by atoms with Crippen LogP contribution in [0.5, 0.6) is 0 Å². The molecule has 9 heteroatoms. The number of rotatable bonds is 7. The van der Waals surface area contributed by atoms with Crippen LogP contribution in [0.1, 0.15) is 40.6 Å². The van der Waals surface area contributed by atoms with Crippen molar-refractivity contribution in [3.05, 3.63) is 77.4 Å². The number of hydrogen-bond donors (Lipinski definition) is 2. The third-order valence-corrected chi connectivity index (χ3v) is 5.17. The number of anilines is 1. The van der Waals surface area contributed by atoms with E-state index in [1.165, 1.54) is 23.0 Å². The number of carbonyl (C=O) groups excluding carboxylic acids is 2. The van der Waals surface area contributed by atoms with Crippen LogP contribution in [0.25, 0.3) is 0 Å². The number of halogens is 1. The number of aliphatic hydroxyl groups is 1. The number of nitrogens with one attached hydrogen (secondary N) is 1. The van der Waals surface area contributed by atoms with Crippen LogP contribution in [0.2, 0.25) is 0 Å². The van der Waals surface area contributed by atoms with Gasteiger partial charge in [-0.2, -0.15) is 0 Å². The van der Waals surface area contributed by atoms with Crippen LogP contribution < -0.4 is 10.2 Å². The highest BCUT2D eigenvalue weighted by molar-refractivity contribution is 5.95. The van der Waals surface area contributed by atoms with Crippen molar-refractivity contribution >= 4 is 17.5 Å². The molecule has 2 aromatic carbocycles. The van der Waals surface area contributed by atoms with E-state index >= 15 is 0 Å². The summed E-state index contributed by atoms with van der Waals surface area (Å²) >= 11 is 0. The Kier molecular flexibility index (Phi) is 6.03. The lowest BCUT2D eigenvalue weighted by atomic mass is 10.1. The van der Waals surface area contributed by atoms with Crippen LogP contribution in [0.4, 0.5) is 10.1 Å². The van der Waals surface area contributed by atoms with E-state index in [2.05, 4.69) is 15.6 Å². The van der Waals surface area contributed by atoms with E-state index in [-0.39, 0.29) is 30.3 Å². The summed E-state index contributed by atoms with van der Waals surface area (Å²) < 4.78 is 15.1. The molecule has 0 aliphatic carbocycles. The quantitative estimate of drug-likeness (QED) is 0.607. The molecule has 31 heavy (non-hydrogen) atoms. The molecule has 4 rings (SSSR count). The maximum Gasteiger partial charge on any atom is 0.273 e. The standard InChI is InChI=1S/C22H22FN5O3/c23-18-5-2-1-4-17(18)20(29)14-27-13-19(25-26-27)22(31)24-12-15-7-9-16(10-8-15)28-11-3-6-21(28)30/h1-2,4-5,7-10,13,20,29H,3,6,11-12,14H2,(H,24,31)/t20-/m0/s1. The van der Waals surface area contributed by atoms with Gasteiger partial charge in [-0.25, -0.2) is 9.07 Å². The molecular formula is C22H22FN5O3. The van der Waals surface area contributed by atoms with Crippen molar-refractivity contribution in [2.45, 2.75) is 32.0 Å². The van der Waals surface area contributed by atoms with Gasteiger partial charge in [-0.05, 0) is 30.2 Å². The Bertz CT molecular complexity index is 1080. The monoisotopic (exact) mass is 423 g/mol. The predicted molar refractivity (Wildman–Crippen MR) is 111 cm³/mol. The van der Waals surface area contributed by atoms with Crippen LogP contribution in [0.15, 0.2) is 54.7 Å². The number of benzene rings is 2. The number of hydrogen-bond acceptors (Lipinski definition) is 5. The van der Waals surface area contributed by atoms with Gasteiger partial charge >= 0.3 is 0 Å². The molecule has 0 bridgehead atoms. The Morgan fingerprint density at radius 2 is 1.97 bits per heavy atom. The SMILES string of the molecule is O=C(NCc1ccc(N2CCCC2=O)cc1)c1cn(C[C@H](O)c2ccccc2F)nn1. The van der Waals surface area contributed by atoms with Gasteiger partial charge < -0.3 is 15.3 Å². The zero-order valence-corrected chi connectivity index (χ0v) is 16.7. The first-order valence-corrected chi connectivity index (χ1v) is 10.0. The average molecular weight is 423 g/mol. The highest BCUT2D eigenvalue weighted by Gasteiger charge is 2.21. The molecule has 2 heterocycles. The number of aromatic nitrogens is 3. The fourth-order valence-electron chi connectivity index (χ4n) is 3.50. The fourth-order valence-corrected chi connectivity index (χ4v) is 3.50. The van der Waals surface area contributed by atoms with E-state index < -0.39 is 17.8 Å². The molecule has 0 saturated carbocycles. The molecule has 1 atom stereocenters. The molecule has 1 fully saturated rings. The molecule has 1 aliphatic heterocycles. The summed E-state index contributed by atoms with van der Waals surface area (Å²) in [4.78, 5) is 25.9. The van der Waals surface area contributed by atoms with Crippen molar-refractivity contribution in [1.82, 2.24) is 20.3 Å². The topological polar surface area (TPSA) is 100 Å². The van der Waals surface area contributed by atoms with Crippen molar-refractivity contribution in [3.8, 4) is 0 Å². The normalized spacial score (nSPS) is 14.6. The molecule has 0 unspecified atom stereocenters. The van der Waals surface area contributed by atoms with Gasteiger partial charge in [0, 0.05) is 30.8 Å². The smallest absolute Gasteiger partial charge is 0.273 e. The van der Waals surface area contributed by atoms with E-state index in [0.29, 0.717) is 6.42 Å². The summed E-state index contributed by atoms with van der Waals surface area (Å²) in [6.07, 6.45) is 1.74. The lowest BCUT2D eigenvalue weighted by molar-refractivity contribution is -0.117. The largest absolute Gasteiger partial charge is 0.386 e. The summed E-state index contributed by atoms with van der Waals surface area (Å²) in [7, 11) is 0. The minimum atomic E-state index is -1.11. The highest BCUT2D eigenvalue weighted by Crippen LogP contribution is 2.21. The van der Waals surface area contributed by atoms with E-state index in [0.717, 1.165) is 24.2 Å². The van der Waals surface area contributed by atoms with Gasteiger partial charge in [0.25, 0.3) is 5.91 Å². The molecule has 2 N–H and O–H groups in total. The second-order valence-electron chi connectivity index (χ2n) is 7.36. The minimum Gasteiger partial charge on any atom is -0.386 e. The molecule has 1 aromatic heterocycles. The second kappa shape index (κ2) is 9.05. The maximum absolute atomic E-state index is 13.8. The van der Waals surface area contributed by atoms with Crippen molar-refractivity contribution < 1.29 is 19.1 Å². The third-order valence-electron chi connectivity index (χ3n) is 5.17. The molecule has 1 saturated heterocycles. The number of nitrogens with zero attached hydrogens (tertiary/aromatic N) is 4. The molecule has 8 nitrogen and oxygen atoms in total. The predicted octanol–water partition coefficient (Wildman–Crippen LogP) is 2.21. The van der Waals surface area contributed by atoms with Crippen LogP contribution in [-0.2, 0) is 17.9 Å². The molecule has 2 amide bonds.